The molecule has 3 rings (SSSR count). The first-order chi connectivity index (χ1) is 8.34. The molecule has 2 aliphatic rings. The Hall–Kier alpha value is -1.16. The van der Waals surface area contributed by atoms with Crippen molar-refractivity contribution in [1.29, 1.82) is 0 Å². The summed E-state index contributed by atoms with van der Waals surface area (Å²) in [6, 6.07) is 7.33. The molecule has 1 fully saturated rings. The largest absolute Gasteiger partial charge is 0.440 e. The van der Waals surface area contributed by atoms with Crippen LogP contribution < -0.4 is 9.61 Å². The second-order valence-electron chi connectivity index (χ2n) is 3.87. The van der Waals surface area contributed by atoms with Gasteiger partial charge >= 0.3 is 0 Å². The van der Waals surface area contributed by atoms with Crippen molar-refractivity contribution in [3.05, 3.63) is 29.8 Å². The van der Waals surface area contributed by atoms with Gasteiger partial charge in [0.1, 0.15) is 5.75 Å². The summed E-state index contributed by atoms with van der Waals surface area (Å²) >= 11 is 0. The summed E-state index contributed by atoms with van der Waals surface area (Å²) in [4.78, 5) is 11.9. The second-order valence-corrected chi connectivity index (χ2v) is 5.39. The van der Waals surface area contributed by atoms with Gasteiger partial charge in [-0.2, -0.15) is 0 Å². The molecule has 5 nitrogen and oxygen atoms in total. The summed E-state index contributed by atoms with van der Waals surface area (Å²) in [7, 11) is -1.06. The Balaban J connectivity index is 1.80. The van der Waals surface area contributed by atoms with Crippen LogP contribution in [0.4, 0.5) is 0 Å². The van der Waals surface area contributed by atoms with Gasteiger partial charge in [-0.15, -0.1) is 0 Å². The van der Waals surface area contributed by atoms with Crippen LogP contribution in [-0.4, -0.2) is 36.9 Å². The van der Waals surface area contributed by atoms with E-state index in [1.54, 1.807) is 6.07 Å². The fourth-order valence-electron chi connectivity index (χ4n) is 1.86. The quantitative estimate of drug-likeness (QED) is 0.767. The predicted octanol–water partition coefficient (Wildman–Crippen LogP) is 1.37. The Bertz CT molecular complexity index is 434. The minimum atomic E-state index is -1.06. The van der Waals surface area contributed by atoms with Crippen LogP contribution in [-0.2, 0) is 4.74 Å². The number of para-hydroxylation sites is 1. The number of carbonyl (C=O) groups excluding carboxylic acids is 1. The number of carbonyl (C=O) groups is 1. The Morgan fingerprint density at radius 3 is 2.82 bits per heavy atom. The second kappa shape index (κ2) is 4.61. The van der Waals surface area contributed by atoms with Gasteiger partial charge in [0, 0.05) is 13.1 Å². The molecule has 1 aromatic carbocycles. The molecule has 2 aliphatic heterocycles. The van der Waals surface area contributed by atoms with Gasteiger partial charge in [0.05, 0.1) is 18.8 Å². The molecule has 1 atom stereocenters. The molecule has 1 amide bonds. The Morgan fingerprint density at radius 1 is 1.24 bits per heavy atom. The van der Waals surface area contributed by atoms with Gasteiger partial charge in [0.15, 0.2) is 0 Å². The normalized spacial score (nSPS) is 24.7. The van der Waals surface area contributed by atoms with Crippen LogP contribution in [0.3, 0.4) is 0 Å². The van der Waals surface area contributed by atoms with E-state index in [1.165, 1.54) is 0 Å². The summed E-state index contributed by atoms with van der Waals surface area (Å²) in [6.45, 7) is 2.99. The fourth-order valence-corrected chi connectivity index (χ4v) is 3.33. The summed E-state index contributed by atoms with van der Waals surface area (Å²) in [5, 5.41) is 2.92. The fraction of sp³-hybridized carbons (Fsp3) is 0.364. The van der Waals surface area contributed by atoms with Crippen LogP contribution in [0.1, 0.15) is 10.4 Å². The first-order valence-corrected chi connectivity index (χ1v) is 6.76. The number of nitrogens with zero attached hydrogens (tertiary/aromatic N) is 1. The average Bonchev–Trinajstić information content (AvgIpc) is 2.40. The Labute approximate surface area is 101 Å². The lowest BCUT2D eigenvalue weighted by Gasteiger charge is -2.35. The number of amides is 1. The molecule has 6 heteroatoms. The monoisotopic (exact) mass is 252 g/mol. The molecular weight excluding hydrogens is 239 g/mol. The highest BCUT2D eigenvalue weighted by Crippen LogP contribution is 2.43. The minimum absolute atomic E-state index is 0.0514. The van der Waals surface area contributed by atoms with Gasteiger partial charge in [-0.3, -0.25) is 9.88 Å². The van der Waals surface area contributed by atoms with E-state index in [4.69, 9.17) is 9.26 Å². The van der Waals surface area contributed by atoms with E-state index >= 15 is 0 Å². The zero-order valence-electron chi connectivity index (χ0n) is 9.26. The molecule has 17 heavy (non-hydrogen) atoms. The highest BCUT2D eigenvalue weighted by Gasteiger charge is 2.31. The van der Waals surface area contributed by atoms with Crippen LogP contribution in [0.5, 0.6) is 5.75 Å². The van der Waals surface area contributed by atoms with Crippen LogP contribution in [0.2, 0.25) is 0 Å². The number of ether oxygens (including phenoxy) is 1. The smallest absolute Gasteiger partial charge is 0.278 e. The van der Waals surface area contributed by atoms with E-state index in [0.717, 1.165) is 13.1 Å². The molecule has 1 aromatic rings. The van der Waals surface area contributed by atoms with Gasteiger partial charge in [-0.1, -0.05) is 12.1 Å². The van der Waals surface area contributed by atoms with Gasteiger partial charge in [-0.05, 0) is 12.1 Å². The molecule has 0 bridgehead atoms. The number of hydrogen-bond acceptors (Lipinski definition) is 4. The lowest BCUT2D eigenvalue weighted by molar-refractivity contribution is 0.0703. The van der Waals surface area contributed by atoms with Gasteiger partial charge in [-0.25, -0.2) is 4.67 Å². The third kappa shape index (κ3) is 2.14. The van der Waals surface area contributed by atoms with Crippen LogP contribution in [0.15, 0.2) is 24.3 Å². The van der Waals surface area contributed by atoms with Crippen molar-refractivity contribution in [2.75, 3.05) is 26.3 Å². The summed E-state index contributed by atoms with van der Waals surface area (Å²) in [5.74, 6) is 0.623. The van der Waals surface area contributed by atoms with E-state index < -0.39 is 8.45 Å². The third-order valence-electron chi connectivity index (χ3n) is 2.76. The number of morpholine rings is 1. The molecular formula is C11H13N2O3P. The molecule has 0 radical (unpaired) electrons. The van der Waals surface area contributed by atoms with Crippen molar-refractivity contribution >= 4 is 14.4 Å². The Kier molecular flexibility index (Phi) is 2.97. The highest BCUT2D eigenvalue weighted by molar-refractivity contribution is 7.49. The van der Waals surface area contributed by atoms with Crippen molar-refractivity contribution in [2.45, 2.75) is 0 Å². The van der Waals surface area contributed by atoms with E-state index in [-0.39, 0.29) is 5.91 Å². The maximum atomic E-state index is 11.9. The maximum absolute atomic E-state index is 11.9. The number of nitrogens with one attached hydrogen (secondary N) is 1. The molecule has 0 aromatic heterocycles. The Morgan fingerprint density at radius 2 is 2.00 bits per heavy atom. The van der Waals surface area contributed by atoms with Crippen molar-refractivity contribution in [1.82, 2.24) is 9.76 Å². The molecule has 0 saturated carbocycles. The van der Waals surface area contributed by atoms with Crippen LogP contribution in [0, 0.1) is 0 Å². The van der Waals surface area contributed by atoms with E-state index in [0.29, 0.717) is 24.5 Å². The first kappa shape index (κ1) is 11.0. The zero-order chi connectivity index (χ0) is 11.7. The molecule has 90 valence electrons. The van der Waals surface area contributed by atoms with Gasteiger partial charge < -0.3 is 9.26 Å². The summed E-state index contributed by atoms with van der Waals surface area (Å²) in [6.07, 6.45) is 0. The van der Waals surface area contributed by atoms with E-state index in [1.807, 2.05) is 18.2 Å². The van der Waals surface area contributed by atoms with Crippen molar-refractivity contribution in [2.24, 2.45) is 0 Å². The van der Waals surface area contributed by atoms with Crippen LogP contribution in [0.25, 0.3) is 0 Å². The topological polar surface area (TPSA) is 50.8 Å². The van der Waals surface area contributed by atoms with E-state index in [9.17, 15) is 4.79 Å². The van der Waals surface area contributed by atoms with Gasteiger partial charge in [0.25, 0.3) is 14.4 Å². The predicted molar refractivity (Wildman–Crippen MR) is 63.8 cm³/mol. The standard InChI is InChI=1S/C11H13N2O3P/c14-11-9-3-1-2-4-10(9)16-17(12-11)13-5-7-15-8-6-13/h1-4H,5-8H2,(H,12,14). The summed E-state index contributed by atoms with van der Waals surface area (Å²) in [5.41, 5.74) is 0.611. The maximum Gasteiger partial charge on any atom is 0.278 e. The average molecular weight is 252 g/mol. The molecule has 0 aliphatic carbocycles. The zero-order valence-corrected chi connectivity index (χ0v) is 10.2. The van der Waals surface area contributed by atoms with Crippen molar-refractivity contribution in [3.63, 3.8) is 0 Å². The van der Waals surface area contributed by atoms with Gasteiger partial charge in [0.2, 0.25) is 0 Å². The number of benzene rings is 1. The lowest BCUT2D eigenvalue weighted by atomic mass is 10.2. The third-order valence-corrected chi connectivity index (χ3v) is 4.44. The number of fused-ring (bicyclic) bond motifs is 1. The SMILES string of the molecule is O=C1NP(N2CCOCC2)Oc2ccccc21. The molecule has 1 unspecified atom stereocenters. The number of rotatable bonds is 1. The minimum Gasteiger partial charge on any atom is -0.440 e. The van der Waals surface area contributed by atoms with Crippen molar-refractivity contribution < 1.29 is 14.1 Å². The molecule has 0 spiro atoms. The summed E-state index contributed by atoms with van der Waals surface area (Å²) < 4.78 is 13.3. The van der Waals surface area contributed by atoms with Crippen molar-refractivity contribution in [3.8, 4) is 5.75 Å². The van der Waals surface area contributed by atoms with Crippen LogP contribution >= 0.6 is 8.45 Å². The molecule has 2 heterocycles. The lowest BCUT2D eigenvalue weighted by Crippen LogP contribution is -2.40. The van der Waals surface area contributed by atoms with E-state index in [2.05, 4.69) is 9.76 Å². The molecule has 1 N–H and O–H groups in total. The first-order valence-electron chi connectivity index (χ1n) is 5.55. The molecule has 1 saturated heterocycles. The number of hydrogen-bond donors (Lipinski definition) is 1. The highest BCUT2D eigenvalue weighted by atomic mass is 31.2.